The van der Waals surface area contributed by atoms with Crippen LogP contribution >= 0.6 is 0 Å². The normalized spacial score (nSPS) is 19.3. The molecule has 0 amide bonds. The summed E-state index contributed by atoms with van der Waals surface area (Å²) in [6.07, 6.45) is 3.83. The average molecular weight is 125 g/mol. The van der Waals surface area contributed by atoms with Gasteiger partial charge in [-0.15, -0.1) is 0 Å². The zero-order chi connectivity index (χ0) is 6.69. The Hall–Kier alpha value is -0.830. The lowest BCUT2D eigenvalue weighted by Gasteiger charge is -2.11. The van der Waals surface area contributed by atoms with Gasteiger partial charge in [-0.1, -0.05) is 0 Å². The molecular formula is C6H11N3. The maximum absolute atomic E-state index is 4.10. The summed E-state index contributed by atoms with van der Waals surface area (Å²) in [4.78, 5) is 4.10. The van der Waals surface area contributed by atoms with Crippen molar-refractivity contribution in [2.24, 2.45) is 4.99 Å². The quantitative estimate of drug-likeness (QED) is 0.513. The van der Waals surface area contributed by atoms with Crippen LogP contribution in [0.1, 0.15) is 6.92 Å². The molecule has 1 rings (SSSR count). The largest absolute Gasteiger partial charge is 0.295 e. The molecule has 1 heterocycles. The van der Waals surface area contributed by atoms with Crippen LogP contribution in [-0.2, 0) is 0 Å². The van der Waals surface area contributed by atoms with Crippen molar-refractivity contribution in [1.82, 2.24) is 10.4 Å². The summed E-state index contributed by atoms with van der Waals surface area (Å²) < 4.78 is 0. The number of hydrogen-bond acceptors (Lipinski definition) is 3. The molecule has 3 nitrogen and oxygen atoms in total. The number of hydrogen-bond donors (Lipinski definition) is 1. The third kappa shape index (κ3) is 1.29. The van der Waals surface area contributed by atoms with Crippen molar-refractivity contribution >= 4 is 6.21 Å². The molecule has 9 heavy (non-hydrogen) atoms. The Morgan fingerprint density at radius 2 is 2.67 bits per heavy atom. The van der Waals surface area contributed by atoms with Gasteiger partial charge in [0.25, 0.3) is 0 Å². The number of nitrogens with zero attached hydrogens (tertiary/aromatic N) is 2. The zero-order valence-electron chi connectivity index (χ0n) is 5.76. The molecule has 0 spiro atoms. The van der Waals surface area contributed by atoms with Gasteiger partial charge in [-0.3, -0.25) is 5.01 Å². The minimum Gasteiger partial charge on any atom is -0.295 e. The summed E-state index contributed by atoms with van der Waals surface area (Å²) in [6.45, 7) is 2.80. The molecule has 1 aliphatic heterocycles. The Kier molecular flexibility index (Phi) is 1.85. The van der Waals surface area contributed by atoms with Crippen molar-refractivity contribution in [3.63, 3.8) is 0 Å². The van der Waals surface area contributed by atoms with E-state index < -0.39 is 0 Å². The molecule has 0 aromatic heterocycles. The SMILES string of the molecule is CC=NC1=CCNN1C. The number of aliphatic imine (C=N–C) groups is 1. The standard InChI is InChI=1S/C6H11N3/c1-3-7-6-4-5-8-9(6)2/h3-4,8H,5H2,1-2H3. The minimum absolute atomic E-state index is 0.892. The van der Waals surface area contributed by atoms with Crippen LogP contribution in [0.25, 0.3) is 0 Å². The topological polar surface area (TPSA) is 27.6 Å². The van der Waals surface area contributed by atoms with Crippen molar-refractivity contribution < 1.29 is 0 Å². The number of hydrazine groups is 1. The smallest absolute Gasteiger partial charge is 0.139 e. The highest BCUT2D eigenvalue weighted by atomic mass is 15.5. The van der Waals surface area contributed by atoms with Crippen LogP contribution in [-0.4, -0.2) is 24.8 Å². The first-order chi connectivity index (χ1) is 4.34. The zero-order valence-corrected chi connectivity index (χ0v) is 5.76. The molecule has 0 aromatic carbocycles. The third-order valence-electron chi connectivity index (χ3n) is 1.22. The molecule has 1 N–H and O–H groups in total. The number of nitrogens with one attached hydrogen (secondary N) is 1. The van der Waals surface area contributed by atoms with Crippen LogP contribution in [0.15, 0.2) is 16.9 Å². The maximum atomic E-state index is 4.10. The van der Waals surface area contributed by atoms with E-state index >= 15 is 0 Å². The van der Waals surface area contributed by atoms with Crippen molar-refractivity contribution in [3.8, 4) is 0 Å². The molecule has 0 bridgehead atoms. The molecule has 50 valence electrons. The van der Waals surface area contributed by atoms with E-state index in [0.29, 0.717) is 0 Å². The molecule has 0 unspecified atom stereocenters. The molecular weight excluding hydrogens is 114 g/mol. The van der Waals surface area contributed by atoms with Gasteiger partial charge in [0.05, 0.1) is 0 Å². The monoisotopic (exact) mass is 125 g/mol. The van der Waals surface area contributed by atoms with Crippen molar-refractivity contribution in [3.05, 3.63) is 11.9 Å². The fraction of sp³-hybridized carbons (Fsp3) is 0.500. The van der Waals surface area contributed by atoms with Crippen LogP contribution in [0.4, 0.5) is 0 Å². The predicted molar refractivity (Wildman–Crippen MR) is 38.0 cm³/mol. The van der Waals surface area contributed by atoms with Crippen LogP contribution in [0.3, 0.4) is 0 Å². The van der Waals surface area contributed by atoms with Crippen LogP contribution < -0.4 is 5.43 Å². The van der Waals surface area contributed by atoms with E-state index in [9.17, 15) is 0 Å². The van der Waals surface area contributed by atoms with Gasteiger partial charge in [0, 0.05) is 19.8 Å². The second-order valence-corrected chi connectivity index (χ2v) is 1.87. The Morgan fingerprint density at radius 1 is 1.89 bits per heavy atom. The molecule has 0 aromatic rings. The van der Waals surface area contributed by atoms with Crippen molar-refractivity contribution in [2.75, 3.05) is 13.6 Å². The summed E-state index contributed by atoms with van der Waals surface area (Å²) in [5, 5.41) is 1.90. The first kappa shape index (κ1) is 6.29. The summed E-state index contributed by atoms with van der Waals surface area (Å²) >= 11 is 0. The lowest BCUT2D eigenvalue weighted by Crippen LogP contribution is -2.26. The van der Waals surface area contributed by atoms with Gasteiger partial charge in [0.15, 0.2) is 0 Å². The van der Waals surface area contributed by atoms with Gasteiger partial charge in [-0.25, -0.2) is 10.4 Å². The summed E-state index contributed by atoms with van der Waals surface area (Å²) in [5.41, 5.74) is 3.08. The summed E-state index contributed by atoms with van der Waals surface area (Å²) in [5.74, 6) is 0.998. The second kappa shape index (κ2) is 2.64. The highest BCUT2D eigenvalue weighted by molar-refractivity contribution is 5.55. The lowest BCUT2D eigenvalue weighted by molar-refractivity contribution is 0.343. The molecule has 0 saturated carbocycles. The van der Waals surface area contributed by atoms with Gasteiger partial charge in [-0.2, -0.15) is 0 Å². The first-order valence-corrected chi connectivity index (χ1v) is 3.00. The first-order valence-electron chi connectivity index (χ1n) is 3.00. The fourth-order valence-electron chi connectivity index (χ4n) is 0.763. The molecule has 0 atom stereocenters. The van der Waals surface area contributed by atoms with Gasteiger partial charge >= 0.3 is 0 Å². The fourth-order valence-corrected chi connectivity index (χ4v) is 0.763. The Balaban J connectivity index is 2.57. The Morgan fingerprint density at radius 3 is 3.11 bits per heavy atom. The Bertz CT molecular complexity index is 148. The van der Waals surface area contributed by atoms with Gasteiger partial charge in [0.2, 0.25) is 0 Å². The number of rotatable bonds is 1. The van der Waals surface area contributed by atoms with Gasteiger partial charge < -0.3 is 0 Å². The van der Waals surface area contributed by atoms with E-state index in [1.54, 1.807) is 6.21 Å². The van der Waals surface area contributed by atoms with E-state index in [0.717, 1.165) is 12.4 Å². The van der Waals surface area contributed by atoms with Crippen LogP contribution in [0, 0.1) is 0 Å². The molecule has 0 aliphatic carbocycles. The predicted octanol–water partition coefficient (Wildman–Crippen LogP) is 0.369. The molecule has 0 radical (unpaired) electrons. The molecule has 0 fully saturated rings. The maximum Gasteiger partial charge on any atom is 0.139 e. The second-order valence-electron chi connectivity index (χ2n) is 1.87. The van der Waals surface area contributed by atoms with Gasteiger partial charge in [-0.05, 0) is 13.0 Å². The van der Waals surface area contributed by atoms with Crippen LogP contribution in [0.2, 0.25) is 0 Å². The van der Waals surface area contributed by atoms with Crippen molar-refractivity contribution in [1.29, 1.82) is 0 Å². The molecule has 3 heteroatoms. The minimum atomic E-state index is 0.892. The van der Waals surface area contributed by atoms with Gasteiger partial charge in [0.1, 0.15) is 5.82 Å². The summed E-state index contributed by atoms with van der Waals surface area (Å²) in [6, 6.07) is 0. The highest BCUT2D eigenvalue weighted by Gasteiger charge is 2.05. The molecule has 1 aliphatic rings. The van der Waals surface area contributed by atoms with Crippen molar-refractivity contribution in [2.45, 2.75) is 6.92 Å². The van der Waals surface area contributed by atoms with E-state index in [-0.39, 0.29) is 0 Å². The van der Waals surface area contributed by atoms with E-state index in [1.807, 2.05) is 25.1 Å². The summed E-state index contributed by atoms with van der Waals surface area (Å²) in [7, 11) is 1.95. The lowest BCUT2D eigenvalue weighted by atomic mass is 10.6. The highest BCUT2D eigenvalue weighted by Crippen LogP contribution is 2.03. The molecule has 0 saturated heterocycles. The Labute approximate surface area is 55.0 Å². The van der Waals surface area contributed by atoms with E-state index in [1.165, 1.54) is 0 Å². The van der Waals surface area contributed by atoms with Crippen LogP contribution in [0.5, 0.6) is 0 Å². The van der Waals surface area contributed by atoms with E-state index in [2.05, 4.69) is 10.4 Å². The third-order valence-corrected chi connectivity index (χ3v) is 1.22. The van der Waals surface area contributed by atoms with E-state index in [4.69, 9.17) is 0 Å². The average Bonchev–Trinajstić information content (AvgIpc) is 2.18.